The van der Waals surface area contributed by atoms with Crippen molar-refractivity contribution in [3.63, 3.8) is 0 Å². The van der Waals surface area contributed by atoms with E-state index in [9.17, 15) is 0 Å². The van der Waals surface area contributed by atoms with Crippen molar-refractivity contribution in [2.24, 2.45) is 5.16 Å². The van der Waals surface area contributed by atoms with Crippen LogP contribution in [0.4, 0.5) is 0 Å². The molecule has 0 unspecified atom stereocenters. The molecular weight excluding hydrogens is 178 g/mol. The summed E-state index contributed by atoms with van der Waals surface area (Å²) < 4.78 is 5.57. The van der Waals surface area contributed by atoms with Crippen LogP contribution < -0.4 is 4.74 Å². The Bertz CT molecular complexity index is 385. The van der Waals surface area contributed by atoms with E-state index in [4.69, 9.17) is 9.94 Å². The van der Waals surface area contributed by atoms with Crippen LogP contribution in [0.3, 0.4) is 0 Å². The molecule has 1 aliphatic heterocycles. The first-order chi connectivity index (χ1) is 6.70. The lowest BCUT2D eigenvalue weighted by Gasteiger charge is -2.02. The highest BCUT2D eigenvalue weighted by Crippen LogP contribution is 2.29. The molecule has 1 aliphatic rings. The van der Waals surface area contributed by atoms with Crippen molar-refractivity contribution in [3.8, 4) is 5.75 Å². The minimum atomic E-state index is 0.256. The maximum atomic E-state index is 8.65. The van der Waals surface area contributed by atoms with Crippen LogP contribution in [0.15, 0.2) is 23.4 Å². The molecule has 2 rings (SSSR count). The van der Waals surface area contributed by atoms with Gasteiger partial charge < -0.3 is 9.94 Å². The largest absolute Gasteiger partial charge is 0.490 e. The highest BCUT2D eigenvalue weighted by Gasteiger charge is 2.19. The standard InChI is InChI=1S/C11H13NO2/c1-7-5-10-6-9(8(2)12-13)3-4-11(10)14-7/h3-4,6-7,13H,5H2,1-2H3/b12-8-/t7-/m0/s1. The summed E-state index contributed by atoms with van der Waals surface area (Å²) in [7, 11) is 0. The van der Waals surface area contributed by atoms with E-state index in [-0.39, 0.29) is 6.10 Å². The first-order valence-corrected chi connectivity index (χ1v) is 4.69. The number of nitrogens with zero attached hydrogens (tertiary/aromatic N) is 1. The lowest BCUT2D eigenvalue weighted by atomic mass is 10.0. The Balaban J connectivity index is 2.38. The third-order valence-electron chi connectivity index (χ3n) is 2.46. The zero-order valence-electron chi connectivity index (χ0n) is 8.32. The summed E-state index contributed by atoms with van der Waals surface area (Å²) in [5.41, 5.74) is 2.77. The van der Waals surface area contributed by atoms with E-state index in [1.165, 1.54) is 5.56 Å². The van der Waals surface area contributed by atoms with E-state index in [2.05, 4.69) is 5.16 Å². The van der Waals surface area contributed by atoms with Gasteiger partial charge in [0, 0.05) is 6.42 Å². The number of benzene rings is 1. The van der Waals surface area contributed by atoms with Crippen LogP contribution in [0.25, 0.3) is 0 Å². The fraction of sp³-hybridized carbons (Fsp3) is 0.364. The van der Waals surface area contributed by atoms with Gasteiger partial charge in [0.25, 0.3) is 0 Å². The van der Waals surface area contributed by atoms with Crippen molar-refractivity contribution in [2.45, 2.75) is 26.4 Å². The Morgan fingerprint density at radius 1 is 1.57 bits per heavy atom. The fourth-order valence-electron chi connectivity index (χ4n) is 1.70. The van der Waals surface area contributed by atoms with E-state index in [1.807, 2.05) is 25.1 Å². The summed E-state index contributed by atoms with van der Waals surface area (Å²) in [6.07, 6.45) is 1.19. The van der Waals surface area contributed by atoms with Crippen molar-refractivity contribution in [3.05, 3.63) is 29.3 Å². The lowest BCUT2D eigenvalue weighted by molar-refractivity contribution is 0.254. The van der Waals surface area contributed by atoms with E-state index in [1.54, 1.807) is 6.92 Å². The smallest absolute Gasteiger partial charge is 0.123 e. The molecule has 1 atom stereocenters. The molecule has 0 radical (unpaired) electrons. The lowest BCUT2D eigenvalue weighted by Crippen LogP contribution is -2.05. The molecule has 74 valence electrons. The molecule has 3 heteroatoms. The third-order valence-corrected chi connectivity index (χ3v) is 2.46. The molecule has 0 bridgehead atoms. The van der Waals surface area contributed by atoms with Crippen LogP contribution >= 0.6 is 0 Å². The minimum Gasteiger partial charge on any atom is -0.490 e. The molecule has 0 saturated heterocycles. The fourth-order valence-corrected chi connectivity index (χ4v) is 1.70. The van der Waals surface area contributed by atoms with Crippen LogP contribution in [-0.4, -0.2) is 17.0 Å². The van der Waals surface area contributed by atoms with Gasteiger partial charge in [-0.2, -0.15) is 0 Å². The predicted molar refractivity (Wildman–Crippen MR) is 54.2 cm³/mol. The van der Waals surface area contributed by atoms with E-state index in [0.29, 0.717) is 5.71 Å². The number of hydrogen-bond donors (Lipinski definition) is 1. The summed E-state index contributed by atoms with van der Waals surface area (Å²) in [6.45, 7) is 3.83. The van der Waals surface area contributed by atoms with Gasteiger partial charge in [0.2, 0.25) is 0 Å². The second-order valence-corrected chi connectivity index (χ2v) is 3.64. The molecule has 1 aromatic carbocycles. The number of fused-ring (bicyclic) bond motifs is 1. The van der Waals surface area contributed by atoms with Crippen molar-refractivity contribution in [2.75, 3.05) is 0 Å². The number of hydrogen-bond acceptors (Lipinski definition) is 3. The number of rotatable bonds is 1. The normalized spacial score (nSPS) is 20.4. The van der Waals surface area contributed by atoms with Crippen molar-refractivity contribution >= 4 is 5.71 Å². The molecule has 0 aromatic heterocycles. The van der Waals surface area contributed by atoms with Gasteiger partial charge in [-0.1, -0.05) is 5.16 Å². The summed E-state index contributed by atoms with van der Waals surface area (Å²) in [5.74, 6) is 0.951. The summed E-state index contributed by atoms with van der Waals surface area (Å²) in [4.78, 5) is 0. The summed E-state index contributed by atoms with van der Waals surface area (Å²) in [6, 6.07) is 5.86. The average molecular weight is 191 g/mol. The van der Waals surface area contributed by atoms with Gasteiger partial charge in [-0.25, -0.2) is 0 Å². The topological polar surface area (TPSA) is 41.8 Å². The minimum absolute atomic E-state index is 0.256. The second kappa shape index (κ2) is 3.33. The molecule has 1 aromatic rings. The second-order valence-electron chi connectivity index (χ2n) is 3.64. The van der Waals surface area contributed by atoms with E-state index < -0.39 is 0 Å². The van der Waals surface area contributed by atoms with Crippen LogP contribution in [0.1, 0.15) is 25.0 Å². The highest BCUT2D eigenvalue weighted by atomic mass is 16.5. The van der Waals surface area contributed by atoms with Crippen LogP contribution in [0, 0.1) is 0 Å². The van der Waals surface area contributed by atoms with Crippen LogP contribution in [-0.2, 0) is 6.42 Å². The molecule has 0 saturated carbocycles. The number of ether oxygens (including phenoxy) is 1. The van der Waals surface area contributed by atoms with Gasteiger partial charge in [0.05, 0.1) is 5.71 Å². The average Bonchev–Trinajstić information content (AvgIpc) is 2.55. The van der Waals surface area contributed by atoms with Crippen molar-refractivity contribution in [1.29, 1.82) is 0 Å². The Labute approximate surface area is 83.0 Å². The van der Waals surface area contributed by atoms with Gasteiger partial charge in [-0.05, 0) is 43.2 Å². The Hall–Kier alpha value is -1.51. The Morgan fingerprint density at radius 2 is 2.36 bits per heavy atom. The van der Waals surface area contributed by atoms with Gasteiger partial charge >= 0.3 is 0 Å². The van der Waals surface area contributed by atoms with Crippen molar-refractivity contribution < 1.29 is 9.94 Å². The first kappa shape index (κ1) is 9.06. The molecule has 3 nitrogen and oxygen atoms in total. The quantitative estimate of drug-likeness (QED) is 0.420. The van der Waals surface area contributed by atoms with Gasteiger partial charge in [-0.3, -0.25) is 0 Å². The van der Waals surface area contributed by atoms with E-state index >= 15 is 0 Å². The molecular formula is C11H13NO2. The van der Waals surface area contributed by atoms with E-state index in [0.717, 1.165) is 17.7 Å². The molecule has 0 spiro atoms. The SMILES string of the molecule is C/C(=N/O)c1ccc2c(c1)C[C@H](C)O2. The van der Waals surface area contributed by atoms with Crippen LogP contribution in [0.5, 0.6) is 5.75 Å². The molecule has 14 heavy (non-hydrogen) atoms. The Morgan fingerprint density at radius 3 is 3.07 bits per heavy atom. The molecule has 0 fully saturated rings. The van der Waals surface area contributed by atoms with Crippen LogP contribution in [0.2, 0.25) is 0 Å². The molecule has 1 heterocycles. The van der Waals surface area contributed by atoms with Gasteiger partial charge in [0.1, 0.15) is 11.9 Å². The van der Waals surface area contributed by atoms with Crippen molar-refractivity contribution in [1.82, 2.24) is 0 Å². The predicted octanol–water partition coefficient (Wildman–Crippen LogP) is 2.21. The molecule has 0 amide bonds. The third kappa shape index (κ3) is 1.45. The first-order valence-electron chi connectivity index (χ1n) is 4.69. The highest BCUT2D eigenvalue weighted by molar-refractivity contribution is 5.98. The Kier molecular flexibility index (Phi) is 2.15. The maximum absolute atomic E-state index is 8.65. The molecule has 1 N–H and O–H groups in total. The van der Waals surface area contributed by atoms with Gasteiger partial charge in [-0.15, -0.1) is 0 Å². The maximum Gasteiger partial charge on any atom is 0.123 e. The molecule has 0 aliphatic carbocycles. The summed E-state index contributed by atoms with van der Waals surface area (Å²) in [5, 5.41) is 11.8. The zero-order valence-corrected chi connectivity index (χ0v) is 8.32. The number of oxime groups is 1. The van der Waals surface area contributed by atoms with Gasteiger partial charge in [0.15, 0.2) is 0 Å². The monoisotopic (exact) mass is 191 g/mol. The zero-order chi connectivity index (χ0) is 10.1. The summed E-state index contributed by atoms with van der Waals surface area (Å²) >= 11 is 0.